The number of amides is 1. The van der Waals surface area contributed by atoms with Crippen LogP contribution in [0.3, 0.4) is 0 Å². The zero-order chi connectivity index (χ0) is 20.3. The quantitative estimate of drug-likeness (QED) is 0.838. The van der Waals surface area contributed by atoms with Crippen LogP contribution in [0.5, 0.6) is 0 Å². The minimum Gasteiger partial charge on any atom is -0.369 e. The van der Waals surface area contributed by atoms with Gasteiger partial charge >= 0.3 is 0 Å². The average molecular weight is 409 g/mol. The molecule has 0 spiro atoms. The number of nitrogens with one attached hydrogen (secondary N) is 1. The van der Waals surface area contributed by atoms with E-state index in [0.29, 0.717) is 12.5 Å². The number of nitrogens with zero attached hydrogens (tertiary/aromatic N) is 5. The number of fused-ring (bicyclic) bond motifs is 1. The van der Waals surface area contributed by atoms with Gasteiger partial charge in [0.1, 0.15) is 12.1 Å². The molecular formula is C23H32N6O. The number of aromatic nitrogens is 2. The summed E-state index contributed by atoms with van der Waals surface area (Å²) in [6.07, 6.45) is 8.16. The van der Waals surface area contributed by atoms with Crippen LogP contribution in [0.1, 0.15) is 38.5 Å². The maximum absolute atomic E-state index is 11.9. The van der Waals surface area contributed by atoms with Crippen LogP contribution in [0.25, 0.3) is 10.9 Å². The van der Waals surface area contributed by atoms with Crippen molar-refractivity contribution in [2.45, 2.75) is 44.6 Å². The fourth-order valence-electron chi connectivity index (χ4n) is 5.09. The van der Waals surface area contributed by atoms with Crippen LogP contribution >= 0.6 is 0 Å². The molecule has 0 aliphatic carbocycles. The van der Waals surface area contributed by atoms with Crippen LogP contribution in [-0.4, -0.2) is 72.6 Å². The van der Waals surface area contributed by atoms with E-state index in [-0.39, 0.29) is 5.91 Å². The second-order valence-electron chi connectivity index (χ2n) is 8.89. The van der Waals surface area contributed by atoms with Gasteiger partial charge in [0.2, 0.25) is 5.91 Å². The first-order valence-corrected chi connectivity index (χ1v) is 11.5. The summed E-state index contributed by atoms with van der Waals surface area (Å²) in [5.41, 5.74) is 2.29. The number of hydrogen-bond acceptors (Lipinski definition) is 6. The van der Waals surface area contributed by atoms with Crippen molar-refractivity contribution in [3.63, 3.8) is 0 Å². The number of carbonyl (C=O) groups excluding carboxylic acids is 1. The van der Waals surface area contributed by atoms with Gasteiger partial charge in [-0.15, -0.1) is 0 Å². The molecule has 0 radical (unpaired) electrons. The van der Waals surface area contributed by atoms with Crippen molar-refractivity contribution < 1.29 is 4.79 Å². The number of anilines is 2. The summed E-state index contributed by atoms with van der Waals surface area (Å²) in [6, 6.07) is 6.93. The molecule has 4 heterocycles. The van der Waals surface area contributed by atoms with Gasteiger partial charge in [0.25, 0.3) is 0 Å². The topological polar surface area (TPSA) is 64.6 Å². The van der Waals surface area contributed by atoms with Gasteiger partial charge in [0.05, 0.1) is 5.52 Å². The molecule has 1 amide bonds. The number of piperazine rings is 1. The molecular weight excluding hydrogens is 376 g/mol. The molecule has 3 fully saturated rings. The van der Waals surface area contributed by atoms with Gasteiger partial charge in [-0.25, -0.2) is 9.97 Å². The third kappa shape index (κ3) is 4.21. The fourth-order valence-corrected chi connectivity index (χ4v) is 5.09. The van der Waals surface area contributed by atoms with Gasteiger partial charge in [0.15, 0.2) is 0 Å². The Morgan fingerprint density at radius 1 is 0.933 bits per heavy atom. The highest BCUT2D eigenvalue weighted by atomic mass is 16.1. The molecule has 1 aromatic carbocycles. The number of benzene rings is 1. The van der Waals surface area contributed by atoms with Crippen molar-refractivity contribution in [3.8, 4) is 0 Å². The lowest BCUT2D eigenvalue weighted by Crippen LogP contribution is -2.51. The normalized spacial score (nSPS) is 23.6. The fraction of sp³-hybridized carbons (Fsp3) is 0.609. The number of hydrogen-bond donors (Lipinski definition) is 1. The molecule has 1 aromatic heterocycles. The van der Waals surface area contributed by atoms with Gasteiger partial charge in [-0.3, -0.25) is 9.69 Å². The Balaban J connectivity index is 1.25. The lowest BCUT2D eigenvalue weighted by molar-refractivity contribution is -0.121. The van der Waals surface area contributed by atoms with E-state index in [1.54, 1.807) is 6.33 Å². The van der Waals surface area contributed by atoms with Gasteiger partial charge in [-0.1, -0.05) is 6.42 Å². The first kappa shape index (κ1) is 19.5. The van der Waals surface area contributed by atoms with Crippen LogP contribution in [0.2, 0.25) is 0 Å². The average Bonchev–Trinajstić information content (AvgIpc) is 3.23. The number of carbonyl (C=O) groups is 1. The maximum atomic E-state index is 11.9. The molecule has 7 nitrogen and oxygen atoms in total. The Hall–Kier alpha value is -2.41. The van der Waals surface area contributed by atoms with E-state index in [9.17, 15) is 4.79 Å². The predicted octanol–water partition coefficient (Wildman–Crippen LogP) is 2.41. The Morgan fingerprint density at radius 3 is 2.60 bits per heavy atom. The maximum Gasteiger partial charge on any atom is 0.220 e. The lowest BCUT2D eigenvalue weighted by atomic mass is 10.1. The molecule has 160 valence electrons. The molecule has 30 heavy (non-hydrogen) atoms. The van der Waals surface area contributed by atoms with Crippen molar-refractivity contribution >= 4 is 28.3 Å². The van der Waals surface area contributed by atoms with Gasteiger partial charge in [-0.2, -0.15) is 0 Å². The van der Waals surface area contributed by atoms with Crippen molar-refractivity contribution in [2.75, 3.05) is 55.6 Å². The van der Waals surface area contributed by atoms with Gasteiger partial charge in [0, 0.05) is 69.3 Å². The van der Waals surface area contributed by atoms with Crippen LogP contribution in [0.4, 0.5) is 11.5 Å². The molecule has 3 aliphatic rings. The molecule has 3 saturated heterocycles. The first-order valence-electron chi connectivity index (χ1n) is 11.5. The zero-order valence-electron chi connectivity index (χ0n) is 17.7. The van der Waals surface area contributed by atoms with Crippen LogP contribution < -0.4 is 15.1 Å². The molecule has 1 N–H and O–H groups in total. The summed E-state index contributed by atoms with van der Waals surface area (Å²) < 4.78 is 0. The smallest absolute Gasteiger partial charge is 0.220 e. The van der Waals surface area contributed by atoms with Crippen LogP contribution in [0.15, 0.2) is 24.5 Å². The van der Waals surface area contributed by atoms with E-state index in [1.807, 2.05) is 0 Å². The largest absolute Gasteiger partial charge is 0.369 e. The summed E-state index contributed by atoms with van der Waals surface area (Å²) >= 11 is 0. The third-order valence-electron chi connectivity index (χ3n) is 6.79. The molecule has 3 aliphatic heterocycles. The molecule has 1 unspecified atom stereocenters. The summed E-state index contributed by atoms with van der Waals surface area (Å²) in [5.74, 6) is 1.31. The van der Waals surface area contributed by atoms with E-state index in [2.05, 4.69) is 48.2 Å². The third-order valence-corrected chi connectivity index (χ3v) is 6.79. The zero-order valence-corrected chi connectivity index (χ0v) is 17.7. The Labute approximate surface area is 178 Å². The van der Waals surface area contributed by atoms with E-state index in [0.717, 1.165) is 76.4 Å². The highest BCUT2D eigenvalue weighted by molar-refractivity contribution is 5.92. The molecule has 7 heteroatoms. The van der Waals surface area contributed by atoms with E-state index in [4.69, 9.17) is 0 Å². The molecule has 2 aromatic rings. The Bertz CT molecular complexity index is 888. The minimum atomic E-state index is 0.225. The monoisotopic (exact) mass is 408 g/mol. The van der Waals surface area contributed by atoms with E-state index < -0.39 is 0 Å². The summed E-state index contributed by atoms with van der Waals surface area (Å²) in [6.45, 7) is 7.25. The Morgan fingerprint density at radius 2 is 1.77 bits per heavy atom. The second kappa shape index (κ2) is 8.76. The standard InChI is InChI=1S/C23H32N6O/c30-22-6-2-1-5-18(26-22)16-27-11-13-28(14-12-27)19-7-8-21-20(15-19)23(25-17-24-21)29-9-3-4-10-29/h7-8,15,17-18H,1-6,9-14,16H2,(H,26,30). The van der Waals surface area contributed by atoms with Crippen molar-refractivity contribution in [1.82, 2.24) is 20.2 Å². The highest BCUT2D eigenvalue weighted by Gasteiger charge is 2.23. The van der Waals surface area contributed by atoms with Crippen molar-refractivity contribution in [2.24, 2.45) is 0 Å². The lowest BCUT2D eigenvalue weighted by Gasteiger charge is -2.37. The second-order valence-corrected chi connectivity index (χ2v) is 8.89. The molecule has 0 bridgehead atoms. The highest BCUT2D eigenvalue weighted by Crippen LogP contribution is 2.30. The van der Waals surface area contributed by atoms with E-state index in [1.165, 1.54) is 23.9 Å². The van der Waals surface area contributed by atoms with Crippen LogP contribution in [0, 0.1) is 0 Å². The van der Waals surface area contributed by atoms with Gasteiger partial charge in [-0.05, 0) is 43.9 Å². The molecule has 1 atom stereocenters. The van der Waals surface area contributed by atoms with Crippen molar-refractivity contribution in [1.29, 1.82) is 0 Å². The summed E-state index contributed by atoms with van der Waals surface area (Å²) in [5, 5.41) is 4.38. The number of rotatable bonds is 4. The summed E-state index contributed by atoms with van der Waals surface area (Å²) in [4.78, 5) is 28.3. The van der Waals surface area contributed by atoms with E-state index >= 15 is 0 Å². The molecule has 5 rings (SSSR count). The SMILES string of the molecule is O=C1CCCCC(CN2CCN(c3ccc4ncnc(N5CCCC5)c4c3)CC2)N1. The first-order chi connectivity index (χ1) is 14.8. The van der Waals surface area contributed by atoms with Gasteiger partial charge < -0.3 is 15.1 Å². The molecule has 0 saturated carbocycles. The predicted molar refractivity (Wildman–Crippen MR) is 120 cm³/mol. The minimum absolute atomic E-state index is 0.225. The summed E-state index contributed by atoms with van der Waals surface area (Å²) in [7, 11) is 0. The Kier molecular flexibility index (Phi) is 5.71. The van der Waals surface area contributed by atoms with Crippen LogP contribution in [-0.2, 0) is 4.79 Å². The van der Waals surface area contributed by atoms with Crippen molar-refractivity contribution in [3.05, 3.63) is 24.5 Å².